The van der Waals surface area contributed by atoms with Gasteiger partial charge in [0, 0.05) is 38.3 Å². The van der Waals surface area contributed by atoms with Gasteiger partial charge >= 0.3 is 0 Å². The maximum atomic E-state index is 14.6. The third kappa shape index (κ3) is 29.7. The van der Waals surface area contributed by atoms with Crippen LogP contribution in [0.15, 0.2) is 30.3 Å². The molecule has 105 heavy (non-hydrogen) atoms. The van der Waals surface area contributed by atoms with E-state index in [1.807, 2.05) is 85.7 Å². The first-order chi connectivity index (χ1) is 49.0. The Balaban J connectivity index is 0.000000717. The highest BCUT2D eigenvalue weighted by Gasteiger charge is 2.37. The summed E-state index contributed by atoms with van der Waals surface area (Å²) in [6.07, 6.45) is 1.88. The SMILES string of the molecule is CCC[C@H](NC(=O)[C@H](CC(C)C)NC(=O)c1c(F)c(F)c(O)c(F)c1F)C(=O)N[C@H](CN[C@@H](C)C(=O)N[C@H](C(=O)NCC)C(C)C)CC(C)C.CCNC(=O)[C@@H](NC(=O)[C@H](C)NC[C@H](CC(C)C)NC(=O)[C@H](CCc1ccccc1)NC(=O)[C@H](CC(C)C)NC(=O)c1c(F)c(F)c(O)c(F)c1F)C(C)C. The van der Waals surface area contributed by atoms with Crippen molar-refractivity contribution in [1.29, 1.82) is 0 Å². The van der Waals surface area contributed by atoms with Crippen LogP contribution in [0.1, 0.15) is 189 Å². The van der Waals surface area contributed by atoms with Gasteiger partial charge in [-0.25, -0.2) is 17.6 Å². The molecular formula is C73H110F8N12O12. The van der Waals surface area contributed by atoms with Crippen molar-refractivity contribution < 1.29 is 93.3 Å². The van der Waals surface area contributed by atoms with Crippen LogP contribution in [0, 0.1) is 82.0 Å². The predicted octanol–water partition coefficient (Wildman–Crippen LogP) is 7.16. The van der Waals surface area contributed by atoms with Crippen molar-refractivity contribution in [2.24, 2.45) is 35.5 Å². The van der Waals surface area contributed by atoms with Crippen molar-refractivity contribution in [2.45, 2.75) is 229 Å². The quantitative estimate of drug-likeness (QED) is 0.0198. The van der Waals surface area contributed by atoms with Crippen LogP contribution in [0.2, 0.25) is 0 Å². The van der Waals surface area contributed by atoms with Gasteiger partial charge in [0.15, 0.2) is 34.8 Å². The van der Waals surface area contributed by atoms with Gasteiger partial charge in [0.2, 0.25) is 70.5 Å². The minimum atomic E-state index is -2.17. The molecule has 0 aliphatic carbocycles. The third-order valence-corrected chi connectivity index (χ3v) is 16.5. The van der Waals surface area contributed by atoms with Crippen molar-refractivity contribution in [3.8, 4) is 11.5 Å². The number of likely N-dealkylation sites (N-methyl/N-ethyl adjacent to an activating group) is 2. The van der Waals surface area contributed by atoms with E-state index in [0.29, 0.717) is 38.8 Å². The molecular weight excluding hydrogens is 1390 g/mol. The zero-order valence-electron chi connectivity index (χ0n) is 63.1. The van der Waals surface area contributed by atoms with E-state index in [2.05, 4.69) is 63.8 Å². The number of nitrogens with one attached hydrogen (secondary N) is 12. The fraction of sp³-hybridized carbons (Fsp3) is 0.616. The molecule has 3 aromatic rings. The number of phenols is 2. The Labute approximate surface area is 610 Å². The van der Waals surface area contributed by atoms with Crippen molar-refractivity contribution in [3.05, 3.63) is 93.6 Å². The lowest BCUT2D eigenvalue weighted by molar-refractivity contribution is -0.131. The van der Waals surface area contributed by atoms with Crippen LogP contribution in [-0.4, -0.2) is 156 Å². The fourth-order valence-corrected chi connectivity index (χ4v) is 11.0. The zero-order chi connectivity index (χ0) is 80.0. The molecule has 0 saturated heterocycles. The Kier molecular flexibility index (Phi) is 39.6. The van der Waals surface area contributed by atoms with E-state index < -0.39 is 177 Å². The van der Waals surface area contributed by atoms with E-state index in [1.54, 1.807) is 62.3 Å². The van der Waals surface area contributed by atoms with Crippen LogP contribution in [0.25, 0.3) is 0 Å². The fourth-order valence-electron chi connectivity index (χ4n) is 11.0. The number of hydrogen-bond acceptors (Lipinski definition) is 14. The van der Waals surface area contributed by atoms with Gasteiger partial charge in [-0.1, -0.05) is 127 Å². The second-order valence-electron chi connectivity index (χ2n) is 28.4. The third-order valence-electron chi connectivity index (χ3n) is 16.5. The standard InChI is InChI=1S/C39H56F4N6O6.C34H54F4N6O6/c1-9-44-39(55)33(22(6)7)49-35(51)23(8)45-19-25(17-20(2)3)46-36(52)26(16-15-24-13-11-10-12-14-24)47-37(53)27(18-21(4)5)48-38(54)28-29(40)31(42)34(50)32(43)30(28)41;1-10-12-21(42-32(48)22(14-17(5)6)43-33(49)23-24(35)26(37)29(45)27(38)25(23)36)31(47)41-20(13-16(3)4)15-40-19(9)30(46)44-28(18(7)8)34(50)39-11-2/h10-14,20-23,25-27,33,45,50H,9,15-19H2,1-8H3,(H,44,55)(H,46,52)(H,47,53)(H,48,54)(H,49,51);16-22,28,40,45H,10-15H2,1-9H3,(H,39,50)(H,41,47)(H,42,48)(H,43,49)(H,44,46)/t23-,25-,26-,27-,33-;19-,20-,21-,22-,28-/m00/s1. The van der Waals surface area contributed by atoms with Gasteiger partial charge in [0.05, 0.1) is 12.1 Å². The largest absolute Gasteiger partial charge is 0.503 e. The van der Waals surface area contributed by atoms with Crippen molar-refractivity contribution in [2.75, 3.05) is 26.2 Å². The molecule has 0 saturated carbocycles. The van der Waals surface area contributed by atoms with Crippen LogP contribution in [0.5, 0.6) is 11.5 Å². The lowest BCUT2D eigenvalue weighted by Gasteiger charge is -2.28. The molecule has 3 rings (SSSR count). The molecule has 0 unspecified atom stereocenters. The number of carbonyl (C=O) groups is 10. The maximum Gasteiger partial charge on any atom is 0.258 e. The maximum absolute atomic E-state index is 14.6. The van der Waals surface area contributed by atoms with Crippen molar-refractivity contribution >= 4 is 59.1 Å². The molecule has 0 aromatic heterocycles. The molecule has 590 valence electrons. The second-order valence-corrected chi connectivity index (χ2v) is 28.4. The predicted molar refractivity (Wildman–Crippen MR) is 379 cm³/mol. The number of halogens is 8. The molecule has 0 heterocycles. The van der Waals surface area contributed by atoms with Crippen molar-refractivity contribution in [3.63, 3.8) is 0 Å². The minimum absolute atomic E-state index is 0.0675. The Bertz CT molecular complexity index is 3350. The highest BCUT2D eigenvalue weighted by atomic mass is 19.2. The van der Waals surface area contributed by atoms with Gasteiger partial charge in [0.1, 0.15) is 47.4 Å². The number of hydrogen-bond donors (Lipinski definition) is 14. The first kappa shape index (κ1) is 92.4. The summed E-state index contributed by atoms with van der Waals surface area (Å²) >= 11 is 0. The minimum Gasteiger partial charge on any atom is -0.503 e. The molecule has 0 bridgehead atoms. The summed E-state index contributed by atoms with van der Waals surface area (Å²) < 4.78 is 114. The van der Waals surface area contributed by atoms with Crippen LogP contribution in [-0.2, 0) is 44.8 Å². The first-order valence-electron chi connectivity index (χ1n) is 35.6. The van der Waals surface area contributed by atoms with E-state index in [1.165, 1.54) is 0 Å². The number of phenolic OH excluding ortho intramolecular Hbond substituents is 2. The van der Waals surface area contributed by atoms with E-state index in [4.69, 9.17) is 0 Å². The van der Waals surface area contributed by atoms with Gasteiger partial charge < -0.3 is 74.0 Å². The molecule has 0 spiro atoms. The van der Waals surface area contributed by atoms with Crippen molar-refractivity contribution in [1.82, 2.24) is 63.8 Å². The molecule has 0 aliphatic heterocycles. The summed E-state index contributed by atoms with van der Waals surface area (Å²) in [6, 6.07) is -0.108. The highest BCUT2D eigenvalue weighted by molar-refractivity contribution is 6.00. The Morgan fingerprint density at radius 2 is 0.676 bits per heavy atom. The number of rotatable bonds is 41. The van der Waals surface area contributed by atoms with Gasteiger partial charge in [-0.05, 0) is 114 Å². The molecule has 0 aliphatic rings. The molecule has 3 aromatic carbocycles. The van der Waals surface area contributed by atoms with Crippen LogP contribution in [0.4, 0.5) is 35.1 Å². The van der Waals surface area contributed by atoms with E-state index in [9.17, 15) is 93.3 Å². The number of carbonyl (C=O) groups excluding carboxylic acids is 10. The van der Waals surface area contributed by atoms with E-state index in [-0.39, 0.29) is 86.1 Å². The molecule has 0 radical (unpaired) electrons. The number of benzene rings is 3. The summed E-state index contributed by atoms with van der Waals surface area (Å²) in [5.41, 5.74) is -2.46. The Hall–Kier alpha value is -8.68. The summed E-state index contributed by atoms with van der Waals surface area (Å²) in [4.78, 5) is 131. The molecule has 14 N–H and O–H groups in total. The monoisotopic (exact) mass is 1500 g/mol. The average Bonchev–Trinajstić information content (AvgIpc) is 0.790. The zero-order valence-corrected chi connectivity index (χ0v) is 63.1. The summed E-state index contributed by atoms with van der Waals surface area (Å²) in [5, 5.41) is 51.0. The van der Waals surface area contributed by atoms with Gasteiger partial charge in [-0.15, -0.1) is 0 Å². The summed E-state index contributed by atoms with van der Waals surface area (Å²) in [6.45, 7) is 31.5. The van der Waals surface area contributed by atoms with Crippen LogP contribution in [0.3, 0.4) is 0 Å². The van der Waals surface area contributed by atoms with Gasteiger partial charge in [0.25, 0.3) is 11.8 Å². The topological polar surface area (TPSA) is 356 Å². The average molecular weight is 1500 g/mol. The molecule has 10 atom stereocenters. The number of aryl methyl sites for hydroxylation is 1. The molecule has 32 heteroatoms. The number of aromatic hydroxyl groups is 2. The lowest BCUT2D eigenvalue weighted by Crippen LogP contribution is -2.57. The Morgan fingerprint density at radius 3 is 0.971 bits per heavy atom. The molecule has 24 nitrogen and oxygen atoms in total. The van der Waals surface area contributed by atoms with Gasteiger partial charge in [-0.2, -0.15) is 17.6 Å². The van der Waals surface area contributed by atoms with E-state index >= 15 is 0 Å². The second kappa shape index (κ2) is 45.0. The van der Waals surface area contributed by atoms with Crippen LogP contribution < -0.4 is 63.8 Å². The molecule has 0 fully saturated rings. The lowest BCUT2D eigenvalue weighted by atomic mass is 9.99. The summed E-state index contributed by atoms with van der Waals surface area (Å²) in [5.74, 6) is -29.4. The van der Waals surface area contributed by atoms with Crippen LogP contribution >= 0.6 is 0 Å². The van der Waals surface area contributed by atoms with Gasteiger partial charge in [-0.3, -0.25) is 47.9 Å². The molecule has 10 amide bonds. The number of amides is 10. The first-order valence-corrected chi connectivity index (χ1v) is 35.6. The highest BCUT2D eigenvalue weighted by Crippen LogP contribution is 2.31. The van der Waals surface area contributed by atoms with E-state index in [0.717, 1.165) is 5.56 Å². The summed E-state index contributed by atoms with van der Waals surface area (Å²) in [7, 11) is 0. The smallest absolute Gasteiger partial charge is 0.258 e. The normalized spacial score (nSPS) is 14.3. The Morgan fingerprint density at radius 1 is 0.362 bits per heavy atom.